The van der Waals surface area contributed by atoms with Crippen molar-refractivity contribution in [3.05, 3.63) is 0 Å². The van der Waals surface area contributed by atoms with Crippen molar-refractivity contribution in [3.63, 3.8) is 0 Å². The molecule has 0 saturated carbocycles. The predicted octanol–water partition coefficient (Wildman–Crippen LogP) is -0.961. The standard InChI is InChI=1S/C3H6O4S/c4-3-7-1-2-8(5)6/h3H,1-2H2,(H,5,6)/p-1. The van der Waals surface area contributed by atoms with Crippen LogP contribution in [0.5, 0.6) is 0 Å². The third-order valence-corrected chi connectivity index (χ3v) is 0.936. The predicted molar refractivity (Wildman–Crippen MR) is 25.8 cm³/mol. The van der Waals surface area contributed by atoms with Gasteiger partial charge in [-0.2, -0.15) is 0 Å². The molecule has 0 aliphatic heterocycles. The van der Waals surface area contributed by atoms with Gasteiger partial charge in [0.25, 0.3) is 6.47 Å². The van der Waals surface area contributed by atoms with Crippen LogP contribution < -0.4 is 0 Å². The van der Waals surface area contributed by atoms with Crippen molar-refractivity contribution in [1.29, 1.82) is 0 Å². The largest absolute Gasteiger partial charge is 0.772 e. The fraction of sp³-hybridized carbons (Fsp3) is 0.667. The summed E-state index contributed by atoms with van der Waals surface area (Å²) in [6.45, 7) is 0.159. The lowest BCUT2D eigenvalue weighted by atomic mass is 10.9. The Labute approximate surface area is 49.1 Å². The molecule has 0 aromatic rings. The Bertz CT molecular complexity index is 91.3. The summed E-state index contributed by atoms with van der Waals surface area (Å²) in [6.07, 6.45) is 0. The minimum atomic E-state index is -2.10. The van der Waals surface area contributed by atoms with E-state index in [9.17, 15) is 13.6 Å². The van der Waals surface area contributed by atoms with Crippen molar-refractivity contribution in [3.8, 4) is 0 Å². The van der Waals surface area contributed by atoms with E-state index in [0.717, 1.165) is 0 Å². The first-order valence-electron chi connectivity index (χ1n) is 1.88. The van der Waals surface area contributed by atoms with Gasteiger partial charge in [0.1, 0.15) is 6.61 Å². The summed E-state index contributed by atoms with van der Waals surface area (Å²) < 4.78 is 23.4. The molecular weight excluding hydrogens is 132 g/mol. The molecule has 48 valence electrons. The fourth-order valence-corrected chi connectivity index (χ4v) is 0.397. The lowest BCUT2D eigenvalue weighted by molar-refractivity contribution is -0.128. The van der Waals surface area contributed by atoms with Crippen LogP contribution in [0.2, 0.25) is 0 Å². The van der Waals surface area contributed by atoms with E-state index in [4.69, 9.17) is 0 Å². The number of hydrogen-bond acceptors (Lipinski definition) is 4. The van der Waals surface area contributed by atoms with Crippen LogP contribution in [-0.2, 0) is 20.6 Å². The smallest absolute Gasteiger partial charge is 0.293 e. The van der Waals surface area contributed by atoms with Crippen molar-refractivity contribution in [2.24, 2.45) is 0 Å². The summed E-state index contributed by atoms with van der Waals surface area (Å²) in [5, 5.41) is 0. The summed E-state index contributed by atoms with van der Waals surface area (Å²) in [5.41, 5.74) is 0. The molecule has 0 amide bonds. The topological polar surface area (TPSA) is 66.4 Å². The number of rotatable bonds is 4. The molecule has 1 atom stereocenters. The van der Waals surface area contributed by atoms with E-state index >= 15 is 0 Å². The van der Waals surface area contributed by atoms with Crippen LogP contribution in [0.4, 0.5) is 0 Å². The van der Waals surface area contributed by atoms with Crippen molar-refractivity contribution in [2.45, 2.75) is 0 Å². The molecule has 0 rings (SSSR count). The first kappa shape index (κ1) is 7.58. The maximum absolute atomic E-state index is 9.68. The van der Waals surface area contributed by atoms with Gasteiger partial charge < -0.3 is 9.29 Å². The molecule has 0 aliphatic rings. The number of ether oxygens (including phenoxy) is 1. The van der Waals surface area contributed by atoms with Crippen molar-refractivity contribution in [1.82, 2.24) is 0 Å². The van der Waals surface area contributed by atoms with E-state index in [0.29, 0.717) is 0 Å². The molecule has 0 bridgehead atoms. The van der Waals surface area contributed by atoms with Crippen LogP contribution in [0, 0.1) is 0 Å². The minimum Gasteiger partial charge on any atom is -0.772 e. The molecule has 0 aliphatic carbocycles. The second-order valence-electron chi connectivity index (χ2n) is 0.975. The summed E-state index contributed by atoms with van der Waals surface area (Å²) in [6, 6.07) is 0. The highest BCUT2D eigenvalue weighted by Gasteiger charge is 1.82. The summed E-state index contributed by atoms with van der Waals surface area (Å²) in [4.78, 5) is 9.36. The lowest BCUT2D eigenvalue weighted by Gasteiger charge is -2.00. The monoisotopic (exact) mass is 137 g/mol. The molecule has 4 nitrogen and oxygen atoms in total. The SMILES string of the molecule is O=COCCS(=O)[O-]. The Morgan fingerprint density at radius 1 is 1.75 bits per heavy atom. The van der Waals surface area contributed by atoms with E-state index in [2.05, 4.69) is 4.74 Å². The number of carbonyl (C=O) groups excluding carboxylic acids is 1. The normalized spacial score (nSPS) is 12.6. The van der Waals surface area contributed by atoms with Gasteiger partial charge in [-0.15, -0.1) is 0 Å². The van der Waals surface area contributed by atoms with Gasteiger partial charge in [0.2, 0.25) is 0 Å². The quantitative estimate of drug-likeness (QED) is 0.284. The van der Waals surface area contributed by atoms with Crippen molar-refractivity contribution >= 4 is 17.6 Å². The van der Waals surface area contributed by atoms with E-state index in [1.54, 1.807) is 0 Å². The van der Waals surface area contributed by atoms with Gasteiger partial charge in [-0.25, -0.2) is 0 Å². The molecular formula is C3H5O4S-. The molecule has 0 aromatic carbocycles. The summed E-state index contributed by atoms with van der Waals surface area (Å²) >= 11 is -2.10. The molecule has 1 unspecified atom stereocenters. The van der Waals surface area contributed by atoms with Crippen LogP contribution in [0.15, 0.2) is 0 Å². The van der Waals surface area contributed by atoms with Gasteiger partial charge in [0.05, 0.1) is 0 Å². The van der Waals surface area contributed by atoms with Crippen LogP contribution >= 0.6 is 0 Å². The molecule has 0 radical (unpaired) electrons. The Kier molecular flexibility index (Phi) is 4.48. The van der Waals surface area contributed by atoms with Gasteiger partial charge in [-0.1, -0.05) is 11.1 Å². The highest BCUT2D eigenvalue weighted by Crippen LogP contribution is 1.72. The van der Waals surface area contributed by atoms with E-state index < -0.39 is 11.1 Å². The van der Waals surface area contributed by atoms with Gasteiger partial charge in [0, 0.05) is 5.75 Å². The molecule has 0 saturated heterocycles. The second kappa shape index (κ2) is 4.73. The maximum Gasteiger partial charge on any atom is 0.293 e. The zero-order valence-electron chi connectivity index (χ0n) is 4.03. The molecule has 0 heterocycles. The molecule has 0 fully saturated rings. The Morgan fingerprint density at radius 3 is 2.75 bits per heavy atom. The third-order valence-electron chi connectivity index (χ3n) is 0.436. The Balaban J connectivity index is 2.93. The molecule has 5 heteroatoms. The molecule has 0 spiro atoms. The third kappa shape index (κ3) is 5.58. The first-order valence-corrected chi connectivity index (χ1v) is 3.13. The Hall–Kier alpha value is -0.420. The van der Waals surface area contributed by atoms with Gasteiger partial charge >= 0.3 is 0 Å². The first-order chi connectivity index (χ1) is 3.77. The Morgan fingerprint density at radius 2 is 2.38 bits per heavy atom. The number of hydrogen-bond donors (Lipinski definition) is 0. The highest BCUT2D eigenvalue weighted by atomic mass is 32.2. The fourth-order valence-electron chi connectivity index (χ4n) is 0.164. The van der Waals surface area contributed by atoms with E-state index in [1.807, 2.05) is 0 Å². The molecule has 8 heavy (non-hydrogen) atoms. The van der Waals surface area contributed by atoms with Crippen molar-refractivity contribution < 1.29 is 18.3 Å². The van der Waals surface area contributed by atoms with Gasteiger partial charge in [-0.3, -0.25) is 9.00 Å². The zero-order chi connectivity index (χ0) is 6.41. The van der Waals surface area contributed by atoms with E-state index in [1.165, 1.54) is 0 Å². The second-order valence-corrected chi connectivity index (χ2v) is 1.99. The molecule has 0 aromatic heterocycles. The average Bonchev–Trinajstić information content (AvgIpc) is 1.66. The molecule has 0 N–H and O–H groups in total. The van der Waals surface area contributed by atoms with Crippen LogP contribution in [0.3, 0.4) is 0 Å². The van der Waals surface area contributed by atoms with Crippen LogP contribution in [-0.4, -0.2) is 27.6 Å². The lowest BCUT2D eigenvalue weighted by Crippen LogP contribution is -2.03. The zero-order valence-corrected chi connectivity index (χ0v) is 4.85. The van der Waals surface area contributed by atoms with Crippen LogP contribution in [0.25, 0.3) is 0 Å². The van der Waals surface area contributed by atoms with Gasteiger partial charge in [-0.05, 0) is 0 Å². The van der Waals surface area contributed by atoms with Gasteiger partial charge in [0.15, 0.2) is 0 Å². The number of carbonyl (C=O) groups is 1. The minimum absolute atomic E-state index is 0.0559. The summed E-state index contributed by atoms with van der Waals surface area (Å²) in [5.74, 6) is -0.126. The van der Waals surface area contributed by atoms with Crippen LogP contribution in [0.1, 0.15) is 0 Å². The summed E-state index contributed by atoms with van der Waals surface area (Å²) in [7, 11) is 0. The van der Waals surface area contributed by atoms with Crippen molar-refractivity contribution in [2.75, 3.05) is 12.4 Å². The van der Waals surface area contributed by atoms with E-state index in [-0.39, 0.29) is 18.8 Å². The maximum atomic E-state index is 9.68. The average molecular weight is 137 g/mol. The highest BCUT2D eigenvalue weighted by molar-refractivity contribution is 7.79.